The number of aromatic nitrogens is 5. The van der Waals surface area contributed by atoms with Crippen molar-refractivity contribution < 1.29 is 9.60 Å². The molecule has 0 saturated heterocycles. The van der Waals surface area contributed by atoms with Crippen molar-refractivity contribution in [1.82, 2.24) is 24.5 Å². The average Bonchev–Trinajstić information content (AvgIpc) is 3.22. The topological polar surface area (TPSA) is 81.1 Å². The number of nitrogens with zero attached hydrogens (tertiary/aromatic N) is 6. The minimum absolute atomic E-state index is 0.299. The van der Waals surface area contributed by atoms with E-state index in [-0.39, 0.29) is 5.82 Å². The van der Waals surface area contributed by atoms with Gasteiger partial charge >= 0.3 is 0 Å². The predicted octanol–water partition coefficient (Wildman–Crippen LogP) is 2.61. The standard InChI is InChI=1S/C17H13FN6O/c18-13-3-5-15(6-4-13)24-11-14(21-22-24)10-23-9-12(8-20-25)16-2-1-7-19-17(16)23/h1-9,11,25H,10H2/b20-8+. The van der Waals surface area contributed by atoms with Crippen molar-refractivity contribution in [2.24, 2.45) is 5.16 Å². The van der Waals surface area contributed by atoms with E-state index in [1.54, 1.807) is 29.2 Å². The van der Waals surface area contributed by atoms with Crippen LogP contribution in [0.5, 0.6) is 0 Å². The zero-order valence-electron chi connectivity index (χ0n) is 13.0. The van der Waals surface area contributed by atoms with Crippen LogP contribution in [0.2, 0.25) is 0 Å². The van der Waals surface area contributed by atoms with Crippen LogP contribution in [0.3, 0.4) is 0 Å². The van der Waals surface area contributed by atoms with Crippen LogP contribution in [-0.4, -0.2) is 36.0 Å². The highest BCUT2D eigenvalue weighted by Crippen LogP contribution is 2.19. The Morgan fingerprint density at radius 2 is 2.00 bits per heavy atom. The van der Waals surface area contributed by atoms with E-state index < -0.39 is 0 Å². The zero-order chi connectivity index (χ0) is 17.2. The number of benzene rings is 1. The molecule has 4 rings (SSSR count). The summed E-state index contributed by atoms with van der Waals surface area (Å²) < 4.78 is 16.5. The van der Waals surface area contributed by atoms with Crippen LogP contribution in [0.25, 0.3) is 16.7 Å². The first-order valence-corrected chi connectivity index (χ1v) is 7.53. The molecule has 8 heteroatoms. The molecule has 0 amide bonds. The van der Waals surface area contributed by atoms with Crippen molar-refractivity contribution in [1.29, 1.82) is 0 Å². The lowest BCUT2D eigenvalue weighted by Crippen LogP contribution is -1.99. The summed E-state index contributed by atoms with van der Waals surface area (Å²) in [7, 11) is 0. The number of hydrogen-bond acceptors (Lipinski definition) is 5. The molecule has 0 spiro atoms. The molecule has 4 aromatic rings. The molecule has 3 aromatic heterocycles. The monoisotopic (exact) mass is 336 g/mol. The highest BCUT2D eigenvalue weighted by molar-refractivity contribution is 5.97. The summed E-state index contributed by atoms with van der Waals surface area (Å²) in [4.78, 5) is 4.38. The van der Waals surface area contributed by atoms with E-state index >= 15 is 0 Å². The molecule has 0 atom stereocenters. The van der Waals surface area contributed by atoms with Crippen LogP contribution < -0.4 is 0 Å². The van der Waals surface area contributed by atoms with Gasteiger partial charge in [0.1, 0.15) is 17.2 Å². The lowest BCUT2D eigenvalue weighted by molar-refractivity contribution is 0.322. The molecule has 0 fully saturated rings. The number of hydrogen-bond donors (Lipinski definition) is 1. The quantitative estimate of drug-likeness (QED) is 0.353. The summed E-state index contributed by atoms with van der Waals surface area (Å²) in [6.07, 6.45) is 6.69. The van der Waals surface area contributed by atoms with Crippen LogP contribution in [0, 0.1) is 5.82 Å². The van der Waals surface area contributed by atoms with Gasteiger partial charge in [0.05, 0.1) is 24.6 Å². The van der Waals surface area contributed by atoms with Gasteiger partial charge in [-0.1, -0.05) is 10.4 Å². The maximum absolute atomic E-state index is 13.0. The van der Waals surface area contributed by atoms with Gasteiger partial charge in [-0.25, -0.2) is 14.1 Å². The smallest absolute Gasteiger partial charge is 0.140 e. The second-order valence-electron chi connectivity index (χ2n) is 5.46. The molecule has 0 radical (unpaired) electrons. The van der Waals surface area contributed by atoms with Crippen molar-refractivity contribution >= 4 is 17.2 Å². The summed E-state index contributed by atoms with van der Waals surface area (Å²) in [6, 6.07) is 9.75. The molecule has 124 valence electrons. The Bertz CT molecular complexity index is 1050. The van der Waals surface area contributed by atoms with Crippen LogP contribution in [0.4, 0.5) is 4.39 Å². The third kappa shape index (κ3) is 2.85. The second-order valence-corrected chi connectivity index (χ2v) is 5.46. The van der Waals surface area contributed by atoms with Crippen molar-refractivity contribution in [3.05, 3.63) is 72.1 Å². The first-order valence-electron chi connectivity index (χ1n) is 7.53. The fourth-order valence-electron chi connectivity index (χ4n) is 2.70. The second kappa shape index (κ2) is 6.16. The van der Waals surface area contributed by atoms with Crippen molar-refractivity contribution in [3.63, 3.8) is 0 Å². The molecule has 0 bridgehead atoms. The number of pyridine rings is 1. The molecule has 0 aliphatic heterocycles. The molecule has 1 N–H and O–H groups in total. The fraction of sp³-hybridized carbons (Fsp3) is 0.0588. The lowest BCUT2D eigenvalue weighted by Gasteiger charge is -2.01. The van der Waals surface area contributed by atoms with Gasteiger partial charge in [0.2, 0.25) is 0 Å². The Kier molecular flexibility index (Phi) is 3.70. The molecular formula is C17H13FN6O. The van der Waals surface area contributed by atoms with E-state index in [1.165, 1.54) is 18.3 Å². The van der Waals surface area contributed by atoms with Gasteiger partial charge in [-0.2, -0.15) is 0 Å². The summed E-state index contributed by atoms with van der Waals surface area (Å²) in [6.45, 7) is 0.452. The minimum Gasteiger partial charge on any atom is -0.411 e. The number of oxime groups is 1. The summed E-state index contributed by atoms with van der Waals surface area (Å²) in [5.41, 5.74) is 2.97. The Hall–Kier alpha value is -3.55. The third-order valence-electron chi connectivity index (χ3n) is 3.83. The molecule has 0 unspecified atom stereocenters. The van der Waals surface area contributed by atoms with Gasteiger partial charge in [-0.05, 0) is 36.4 Å². The summed E-state index contributed by atoms with van der Waals surface area (Å²) in [5.74, 6) is -0.299. The fourth-order valence-corrected chi connectivity index (χ4v) is 2.70. The van der Waals surface area contributed by atoms with Gasteiger partial charge in [-0.3, -0.25) is 0 Å². The van der Waals surface area contributed by atoms with E-state index in [0.717, 1.165) is 28.0 Å². The Balaban J connectivity index is 1.67. The first kappa shape index (κ1) is 15.0. The highest BCUT2D eigenvalue weighted by Gasteiger charge is 2.10. The van der Waals surface area contributed by atoms with E-state index in [2.05, 4.69) is 20.5 Å². The van der Waals surface area contributed by atoms with Gasteiger partial charge in [-0.15, -0.1) is 5.10 Å². The number of rotatable bonds is 4. The molecule has 7 nitrogen and oxygen atoms in total. The minimum atomic E-state index is -0.299. The Morgan fingerprint density at radius 3 is 2.80 bits per heavy atom. The van der Waals surface area contributed by atoms with Gasteiger partial charge in [0.25, 0.3) is 0 Å². The highest BCUT2D eigenvalue weighted by atomic mass is 19.1. The first-order chi connectivity index (χ1) is 12.2. The Morgan fingerprint density at radius 1 is 1.16 bits per heavy atom. The van der Waals surface area contributed by atoms with Crippen molar-refractivity contribution in [3.8, 4) is 5.69 Å². The normalized spacial score (nSPS) is 11.6. The summed E-state index contributed by atoms with van der Waals surface area (Å²) >= 11 is 0. The van der Waals surface area contributed by atoms with Crippen LogP contribution in [0.1, 0.15) is 11.3 Å². The SMILES string of the molecule is O/N=C/c1cn(Cc2cn(-c3ccc(F)cc3)nn2)c2ncccc12. The maximum Gasteiger partial charge on any atom is 0.140 e. The number of halogens is 1. The third-order valence-corrected chi connectivity index (χ3v) is 3.83. The van der Waals surface area contributed by atoms with E-state index in [4.69, 9.17) is 5.21 Å². The van der Waals surface area contributed by atoms with Gasteiger partial charge in [0, 0.05) is 23.3 Å². The molecule has 1 aromatic carbocycles. The van der Waals surface area contributed by atoms with E-state index in [0.29, 0.717) is 6.54 Å². The molecule has 3 heterocycles. The van der Waals surface area contributed by atoms with Gasteiger partial charge in [0.15, 0.2) is 0 Å². The Labute approximate surface area is 141 Å². The molecule has 0 saturated carbocycles. The molecule has 0 aliphatic carbocycles. The average molecular weight is 336 g/mol. The maximum atomic E-state index is 13.0. The van der Waals surface area contributed by atoms with Crippen LogP contribution >= 0.6 is 0 Å². The van der Waals surface area contributed by atoms with Crippen molar-refractivity contribution in [2.45, 2.75) is 6.54 Å². The predicted molar refractivity (Wildman–Crippen MR) is 89.5 cm³/mol. The number of fused-ring (bicyclic) bond motifs is 1. The zero-order valence-corrected chi connectivity index (χ0v) is 13.0. The van der Waals surface area contributed by atoms with E-state index in [9.17, 15) is 4.39 Å². The molecular weight excluding hydrogens is 323 g/mol. The van der Waals surface area contributed by atoms with Crippen LogP contribution in [0.15, 0.2) is 60.1 Å². The molecule has 0 aliphatic rings. The molecule has 25 heavy (non-hydrogen) atoms. The summed E-state index contributed by atoms with van der Waals surface area (Å²) in [5, 5.41) is 21.0. The van der Waals surface area contributed by atoms with Crippen molar-refractivity contribution in [2.75, 3.05) is 0 Å². The van der Waals surface area contributed by atoms with E-state index in [1.807, 2.05) is 22.9 Å². The van der Waals surface area contributed by atoms with Gasteiger partial charge < -0.3 is 9.77 Å². The van der Waals surface area contributed by atoms with Crippen LogP contribution in [-0.2, 0) is 6.54 Å². The lowest BCUT2D eigenvalue weighted by atomic mass is 10.2. The largest absolute Gasteiger partial charge is 0.411 e.